The fraction of sp³-hybridized carbons (Fsp3) is 0.500. The van der Waals surface area contributed by atoms with E-state index in [4.69, 9.17) is 10.2 Å². The van der Waals surface area contributed by atoms with Crippen molar-refractivity contribution in [3.05, 3.63) is 58.4 Å². The molecule has 168 valence electrons. The molecule has 8 nitrogen and oxygen atoms in total. The number of imidazole rings is 1. The second kappa shape index (κ2) is 9.13. The maximum atomic E-state index is 12.8. The smallest absolute Gasteiger partial charge is 0.267 e. The zero-order chi connectivity index (χ0) is 22.8. The highest BCUT2D eigenvalue weighted by Gasteiger charge is 2.36. The number of hydrogen-bond donors (Lipinski definition) is 0. The summed E-state index contributed by atoms with van der Waals surface area (Å²) in [6, 6.07) is 8.94. The minimum atomic E-state index is -0.0797. The number of anilines is 1. The molecule has 1 aliphatic rings. The highest BCUT2D eigenvalue weighted by atomic mass is 16.1. The van der Waals surface area contributed by atoms with Crippen LogP contribution in [0.4, 0.5) is 5.69 Å². The molecule has 3 aromatic rings. The highest BCUT2D eigenvalue weighted by Crippen LogP contribution is 2.33. The van der Waals surface area contributed by atoms with Gasteiger partial charge in [-0.15, -0.1) is 0 Å². The van der Waals surface area contributed by atoms with Crippen molar-refractivity contribution in [2.24, 2.45) is 7.05 Å². The van der Waals surface area contributed by atoms with E-state index in [2.05, 4.69) is 53.8 Å². The molecule has 0 aliphatic carbocycles. The third-order valence-electron chi connectivity index (χ3n) is 6.81. The van der Waals surface area contributed by atoms with Gasteiger partial charge in [0.05, 0.1) is 30.1 Å². The first kappa shape index (κ1) is 22.0. The second-order valence-corrected chi connectivity index (χ2v) is 8.56. The molecular weight excluding hydrogens is 402 g/mol. The molecule has 8 heteroatoms. The molecule has 1 aliphatic heterocycles. The van der Waals surface area contributed by atoms with Crippen LogP contribution in [0.1, 0.15) is 50.9 Å². The molecule has 4 rings (SSSR count). The van der Waals surface area contributed by atoms with Gasteiger partial charge in [0.1, 0.15) is 0 Å². The largest absolute Gasteiger partial charge is 0.362 e. The number of nitriles is 1. The third-order valence-corrected chi connectivity index (χ3v) is 6.81. The van der Waals surface area contributed by atoms with Crippen molar-refractivity contribution in [2.45, 2.75) is 58.2 Å². The molecule has 0 spiro atoms. The van der Waals surface area contributed by atoms with Gasteiger partial charge in [0.25, 0.3) is 5.56 Å². The van der Waals surface area contributed by atoms with Crippen molar-refractivity contribution in [3.63, 3.8) is 0 Å². The van der Waals surface area contributed by atoms with Gasteiger partial charge < -0.3 is 4.90 Å². The Labute approximate surface area is 188 Å². The van der Waals surface area contributed by atoms with Gasteiger partial charge in [0, 0.05) is 56.7 Å². The zero-order valence-electron chi connectivity index (χ0n) is 19.3. The summed E-state index contributed by atoms with van der Waals surface area (Å²) in [5.74, 6) is 0. The van der Waals surface area contributed by atoms with Crippen molar-refractivity contribution < 1.29 is 0 Å². The van der Waals surface area contributed by atoms with Crippen LogP contribution in [0.25, 0.3) is 5.65 Å². The van der Waals surface area contributed by atoms with Crippen LogP contribution in [-0.2, 0) is 13.5 Å². The molecule has 4 heterocycles. The van der Waals surface area contributed by atoms with E-state index >= 15 is 0 Å². The average Bonchev–Trinajstić information content (AvgIpc) is 3.25. The summed E-state index contributed by atoms with van der Waals surface area (Å²) < 4.78 is 3.33. The molecule has 1 saturated heterocycles. The molecule has 3 aromatic heterocycles. The first-order valence-corrected chi connectivity index (χ1v) is 11.4. The molecule has 0 saturated carbocycles. The molecule has 32 heavy (non-hydrogen) atoms. The van der Waals surface area contributed by atoms with Crippen LogP contribution in [0.2, 0.25) is 0 Å². The maximum Gasteiger partial charge on any atom is 0.267 e. The van der Waals surface area contributed by atoms with E-state index in [0.717, 1.165) is 37.3 Å². The van der Waals surface area contributed by atoms with E-state index in [1.165, 1.54) is 5.56 Å². The lowest BCUT2D eigenvalue weighted by molar-refractivity contribution is 0.101. The first-order valence-electron chi connectivity index (χ1n) is 11.4. The summed E-state index contributed by atoms with van der Waals surface area (Å²) >= 11 is 0. The Morgan fingerprint density at radius 3 is 2.56 bits per heavy atom. The molecular formula is C24H31N7O. The predicted octanol–water partition coefficient (Wildman–Crippen LogP) is 2.93. The fourth-order valence-electron chi connectivity index (χ4n) is 4.87. The zero-order valence-corrected chi connectivity index (χ0v) is 19.3. The number of pyridine rings is 1. The number of aryl methyl sites for hydroxylation is 1. The molecule has 0 radical (unpaired) electrons. The Bertz CT molecular complexity index is 1180. The molecule has 1 unspecified atom stereocenters. The number of piperazine rings is 1. The minimum absolute atomic E-state index is 0.0797. The standard InChI is InChI=1S/C24H31N7O/c1-5-20-16-30(21(6-2)15-29(20)17(3)18-8-11-26-12-9-18)22-13-23(32)28(4)31-14-19(7-10-25)27-24(22)31/h8-9,11-14,17,20-21H,5-7,15-16H2,1-4H3/t17?,20-,21+/m1/s1. The van der Waals surface area contributed by atoms with Crippen LogP contribution >= 0.6 is 0 Å². The van der Waals surface area contributed by atoms with Crippen molar-refractivity contribution >= 4 is 11.3 Å². The number of nitrogens with zero attached hydrogens (tertiary/aromatic N) is 7. The quantitative estimate of drug-likeness (QED) is 0.594. The van der Waals surface area contributed by atoms with Crippen LogP contribution in [0.3, 0.4) is 0 Å². The lowest BCUT2D eigenvalue weighted by Gasteiger charge is -2.49. The number of fused-ring (bicyclic) bond motifs is 1. The Morgan fingerprint density at radius 1 is 1.19 bits per heavy atom. The van der Waals surface area contributed by atoms with Gasteiger partial charge in [-0.05, 0) is 37.5 Å². The SMILES string of the molecule is CC[C@H]1CN(C(C)c2ccncc2)[C@H](CC)CN1c1cc(=O)n(C)n2cc(CC#N)nc12. The Balaban J connectivity index is 1.74. The van der Waals surface area contributed by atoms with Crippen LogP contribution in [-0.4, -0.2) is 49.2 Å². The van der Waals surface area contributed by atoms with E-state index in [1.54, 1.807) is 28.5 Å². The van der Waals surface area contributed by atoms with Crippen molar-refractivity contribution in [1.82, 2.24) is 24.1 Å². The monoisotopic (exact) mass is 433 g/mol. The van der Waals surface area contributed by atoms with Gasteiger partial charge >= 0.3 is 0 Å². The van der Waals surface area contributed by atoms with Crippen molar-refractivity contribution in [2.75, 3.05) is 18.0 Å². The van der Waals surface area contributed by atoms with E-state index in [-0.39, 0.29) is 24.1 Å². The van der Waals surface area contributed by atoms with Gasteiger partial charge in [0.2, 0.25) is 0 Å². The summed E-state index contributed by atoms with van der Waals surface area (Å²) in [5, 5.41) is 9.12. The summed E-state index contributed by atoms with van der Waals surface area (Å²) in [4.78, 5) is 26.6. The van der Waals surface area contributed by atoms with Gasteiger partial charge in [-0.25, -0.2) is 14.2 Å². The van der Waals surface area contributed by atoms with Gasteiger partial charge in [-0.3, -0.25) is 14.7 Å². The minimum Gasteiger partial charge on any atom is -0.362 e. The van der Waals surface area contributed by atoms with Gasteiger partial charge in [-0.2, -0.15) is 5.26 Å². The average molecular weight is 434 g/mol. The lowest BCUT2D eigenvalue weighted by atomic mass is 9.97. The van der Waals surface area contributed by atoms with E-state index < -0.39 is 0 Å². The van der Waals surface area contributed by atoms with Gasteiger partial charge in [-0.1, -0.05) is 13.8 Å². The van der Waals surface area contributed by atoms with Crippen LogP contribution in [0.15, 0.2) is 41.6 Å². The molecule has 0 N–H and O–H groups in total. The second-order valence-electron chi connectivity index (χ2n) is 8.56. The van der Waals surface area contributed by atoms with Crippen molar-refractivity contribution in [3.8, 4) is 6.07 Å². The predicted molar refractivity (Wildman–Crippen MR) is 125 cm³/mol. The fourth-order valence-corrected chi connectivity index (χ4v) is 4.87. The molecule has 3 atom stereocenters. The molecule has 0 bridgehead atoms. The van der Waals surface area contributed by atoms with Crippen molar-refractivity contribution in [1.29, 1.82) is 5.26 Å². The van der Waals surface area contributed by atoms with E-state index in [1.807, 2.05) is 12.4 Å². The maximum absolute atomic E-state index is 12.8. The Hall–Kier alpha value is -3.18. The van der Waals surface area contributed by atoms with E-state index in [9.17, 15) is 4.79 Å². The highest BCUT2D eigenvalue weighted by molar-refractivity contribution is 5.69. The first-order chi connectivity index (χ1) is 15.5. The number of hydrogen-bond acceptors (Lipinski definition) is 6. The lowest BCUT2D eigenvalue weighted by Crippen LogP contribution is -2.59. The Morgan fingerprint density at radius 2 is 1.91 bits per heavy atom. The van der Waals surface area contributed by atoms with Crippen LogP contribution in [0.5, 0.6) is 0 Å². The Kier molecular flexibility index (Phi) is 6.28. The summed E-state index contributed by atoms with van der Waals surface area (Å²) in [6.07, 6.45) is 7.70. The molecule has 1 fully saturated rings. The summed E-state index contributed by atoms with van der Waals surface area (Å²) in [6.45, 7) is 8.42. The molecule has 0 amide bonds. The number of rotatable bonds is 6. The summed E-state index contributed by atoms with van der Waals surface area (Å²) in [5.41, 5.74) is 3.47. The van der Waals surface area contributed by atoms with E-state index in [0.29, 0.717) is 11.7 Å². The third kappa shape index (κ3) is 3.89. The van der Waals surface area contributed by atoms with Gasteiger partial charge in [0.15, 0.2) is 5.65 Å². The number of aromatic nitrogens is 4. The molecule has 0 aromatic carbocycles. The van der Waals surface area contributed by atoms with Crippen LogP contribution < -0.4 is 10.5 Å². The normalized spacial score (nSPS) is 20.4. The summed E-state index contributed by atoms with van der Waals surface area (Å²) in [7, 11) is 1.73. The topological polar surface area (TPSA) is 82.5 Å². The van der Waals surface area contributed by atoms with Crippen LogP contribution in [0, 0.1) is 11.3 Å².